The fraction of sp³-hybridized carbons (Fsp3) is 0.273. The molecule has 0 fully saturated rings. The van der Waals surface area contributed by atoms with Crippen molar-refractivity contribution in [1.82, 2.24) is 10.3 Å². The largest absolute Gasteiger partial charge is 0.493 e. The second kappa shape index (κ2) is 8.68. The average Bonchev–Trinajstić information content (AvgIpc) is 2.73. The summed E-state index contributed by atoms with van der Waals surface area (Å²) < 4.78 is 15.9. The first kappa shape index (κ1) is 20.3. The van der Waals surface area contributed by atoms with Crippen LogP contribution in [-0.4, -0.2) is 38.8 Å². The number of aryl methyl sites for hydroxylation is 1. The first-order chi connectivity index (χ1) is 14.0. The van der Waals surface area contributed by atoms with Gasteiger partial charge in [0.2, 0.25) is 5.75 Å². The normalized spacial score (nSPS) is 10.6. The predicted molar refractivity (Wildman–Crippen MR) is 111 cm³/mol. The zero-order valence-corrected chi connectivity index (χ0v) is 16.9. The highest BCUT2D eigenvalue weighted by Crippen LogP contribution is 2.38. The van der Waals surface area contributed by atoms with Crippen LogP contribution < -0.4 is 25.1 Å². The Morgan fingerprint density at radius 2 is 1.69 bits per heavy atom. The van der Waals surface area contributed by atoms with Gasteiger partial charge in [0, 0.05) is 23.2 Å². The number of amides is 1. The molecule has 152 valence electrons. The van der Waals surface area contributed by atoms with Crippen molar-refractivity contribution < 1.29 is 19.0 Å². The van der Waals surface area contributed by atoms with Crippen LogP contribution in [-0.2, 0) is 6.42 Å². The van der Waals surface area contributed by atoms with Gasteiger partial charge in [0.1, 0.15) is 0 Å². The minimum atomic E-state index is -0.231. The number of nitrogens with one attached hydrogen (secondary N) is 2. The van der Waals surface area contributed by atoms with Gasteiger partial charge in [0.25, 0.3) is 11.5 Å². The van der Waals surface area contributed by atoms with E-state index < -0.39 is 0 Å². The van der Waals surface area contributed by atoms with E-state index in [0.29, 0.717) is 41.3 Å². The van der Waals surface area contributed by atoms with Crippen molar-refractivity contribution in [3.63, 3.8) is 0 Å². The Morgan fingerprint density at radius 3 is 2.31 bits per heavy atom. The standard InChI is InChI=1S/C22H24N2O5/c1-13-9-15-10-14(5-6-17(15)24-21(13)25)7-8-23-22(26)16-11-18(27-2)20(29-4)19(12-16)28-3/h5-6,9-12H,7-8H2,1-4H3,(H,23,26)(H,24,25). The molecule has 0 saturated carbocycles. The Labute approximate surface area is 168 Å². The zero-order valence-electron chi connectivity index (χ0n) is 16.9. The third-order valence-corrected chi connectivity index (χ3v) is 4.72. The predicted octanol–water partition coefficient (Wildman–Crippen LogP) is 2.83. The molecule has 0 saturated heterocycles. The van der Waals surface area contributed by atoms with E-state index in [1.165, 1.54) is 21.3 Å². The van der Waals surface area contributed by atoms with Gasteiger partial charge in [-0.1, -0.05) is 6.07 Å². The van der Waals surface area contributed by atoms with Gasteiger partial charge in [-0.15, -0.1) is 0 Å². The van der Waals surface area contributed by atoms with Crippen molar-refractivity contribution in [3.05, 3.63) is 63.4 Å². The third-order valence-electron chi connectivity index (χ3n) is 4.72. The maximum atomic E-state index is 12.6. The lowest BCUT2D eigenvalue weighted by molar-refractivity contribution is 0.0953. The summed E-state index contributed by atoms with van der Waals surface area (Å²) in [6.07, 6.45) is 0.657. The first-order valence-corrected chi connectivity index (χ1v) is 9.17. The molecule has 29 heavy (non-hydrogen) atoms. The first-order valence-electron chi connectivity index (χ1n) is 9.17. The number of carbonyl (C=O) groups excluding carboxylic acids is 1. The lowest BCUT2D eigenvalue weighted by Gasteiger charge is -2.14. The molecule has 0 aliphatic heterocycles. The second-order valence-corrected chi connectivity index (χ2v) is 6.62. The number of carbonyl (C=O) groups is 1. The summed E-state index contributed by atoms with van der Waals surface area (Å²) >= 11 is 0. The Hall–Kier alpha value is -3.48. The molecule has 2 aromatic carbocycles. The summed E-state index contributed by atoms with van der Waals surface area (Å²) in [6.45, 7) is 2.24. The van der Waals surface area contributed by atoms with Crippen molar-refractivity contribution in [3.8, 4) is 17.2 Å². The van der Waals surface area contributed by atoms with Gasteiger partial charge in [-0.05, 0) is 54.6 Å². The molecule has 0 aliphatic carbocycles. The van der Waals surface area contributed by atoms with Crippen LogP contribution in [0.1, 0.15) is 21.5 Å². The van der Waals surface area contributed by atoms with Gasteiger partial charge < -0.3 is 24.5 Å². The molecular formula is C22H24N2O5. The summed E-state index contributed by atoms with van der Waals surface area (Å²) in [5, 5.41) is 3.88. The molecule has 7 heteroatoms. The number of aromatic nitrogens is 1. The van der Waals surface area contributed by atoms with Gasteiger partial charge in [-0.2, -0.15) is 0 Å². The Balaban J connectivity index is 1.70. The van der Waals surface area contributed by atoms with Crippen LogP contribution in [0, 0.1) is 6.92 Å². The molecule has 0 bridgehead atoms. The maximum absolute atomic E-state index is 12.6. The van der Waals surface area contributed by atoms with Gasteiger partial charge >= 0.3 is 0 Å². The number of ether oxygens (including phenoxy) is 3. The number of methoxy groups -OCH3 is 3. The van der Waals surface area contributed by atoms with E-state index >= 15 is 0 Å². The van der Waals surface area contributed by atoms with Gasteiger partial charge in [-0.3, -0.25) is 9.59 Å². The highest BCUT2D eigenvalue weighted by Gasteiger charge is 2.16. The molecule has 1 heterocycles. The van der Waals surface area contributed by atoms with Crippen LogP contribution in [0.5, 0.6) is 17.2 Å². The SMILES string of the molecule is COc1cc(C(=O)NCCc2ccc3[nH]c(=O)c(C)cc3c2)cc(OC)c1OC. The molecule has 7 nitrogen and oxygen atoms in total. The van der Waals surface area contributed by atoms with Crippen molar-refractivity contribution in [2.24, 2.45) is 0 Å². The van der Waals surface area contributed by atoms with Gasteiger partial charge in [0.05, 0.1) is 21.3 Å². The van der Waals surface area contributed by atoms with Crippen LogP contribution in [0.2, 0.25) is 0 Å². The quantitative estimate of drug-likeness (QED) is 0.641. The lowest BCUT2D eigenvalue weighted by Crippen LogP contribution is -2.25. The number of benzene rings is 2. The molecule has 3 aromatic rings. The molecule has 0 spiro atoms. The monoisotopic (exact) mass is 396 g/mol. The zero-order chi connectivity index (χ0) is 21.0. The van der Waals surface area contributed by atoms with Crippen molar-refractivity contribution in [1.29, 1.82) is 0 Å². The third kappa shape index (κ3) is 4.34. The van der Waals surface area contributed by atoms with E-state index in [-0.39, 0.29) is 11.5 Å². The number of pyridine rings is 1. The Bertz CT molecular complexity index is 1080. The summed E-state index contributed by atoms with van der Waals surface area (Å²) in [5.41, 5.74) is 2.87. The van der Waals surface area contributed by atoms with Crippen LogP contribution in [0.25, 0.3) is 10.9 Å². The van der Waals surface area contributed by atoms with E-state index in [4.69, 9.17) is 14.2 Å². The molecule has 1 amide bonds. The second-order valence-electron chi connectivity index (χ2n) is 6.62. The summed E-state index contributed by atoms with van der Waals surface area (Å²) in [5.74, 6) is 1.06. The molecular weight excluding hydrogens is 372 g/mol. The molecule has 0 aliphatic rings. The highest BCUT2D eigenvalue weighted by atomic mass is 16.5. The number of hydrogen-bond acceptors (Lipinski definition) is 5. The number of hydrogen-bond donors (Lipinski definition) is 2. The summed E-state index contributed by atoms with van der Waals surface area (Å²) in [6, 6.07) is 10.9. The van der Waals surface area contributed by atoms with Crippen LogP contribution in [0.4, 0.5) is 0 Å². The molecule has 1 aromatic heterocycles. The maximum Gasteiger partial charge on any atom is 0.251 e. The summed E-state index contributed by atoms with van der Waals surface area (Å²) in [7, 11) is 4.53. The number of H-pyrrole nitrogens is 1. The smallest absolute Gasteiger partial charge is 0.251 e. The molecule has 0 atom stereocenters. The van der Waals surface area contributed by atoms with Crippen molar-refractivity contribution in [2.45, 2.75) is 13.3 Å². The Morgan fingerprint density at radius 1 is 1.00 bits per heavy atom. The van der Waals surface area contributed by atoms with Gasteiger partial charge in [0.15, 0.2) is 11.5 Å². The highest BCUT2D eigenvalue weighted by molar-refractivity contribution is 5.95. The molecule has 3 rings (SSSR count). The van der Waals surface area contributed by atoms with E-state index in [9.17, 15) is 9.59 Å². The lowest BCUT2D eigenvalue weighted by atomic mass is 10.1. The minimum absolute atomic E-state index is 0.0807. The fourth-order valence-electron chi connectivity index (χ4n) is 3.16. The molecule has 0 radical (unpaired) electrons. The van der Waals surface area contributed by atoms with Crippen molar-refractivity contribution >= 4 is 16.8 Å². The van der Waals surface area contributed by atoms with Crippen LogP contribution >= 0.6 is 0 Å². The molecule has 0 unspecified atom stereocenters. The topological polar surface area (TPSA) is 89.7 Å². The number of aromatic amines is 1. The van der Waals surface area contributed by atoms with E-state index in [0.717, 1.165) is 16.5 Å². The van der Waals surface area contributed by atoms with Crippen LogP contribution in [0.3, 0.4) is 0 Å². The Kier molecular flexibility index (Phi) is 6.07. The van der Waals surface area contributed by atoms with E-state index in [2.05, 4.69) is 10.3 Å². The number of rotatable bonds is 7. The fourth-order valence-corrected chi connectivity index (χ4v) is 3.16. The number of fused-ring (bicyclic) bond motifs is 1. The van der Waals surface area contributed by atoms with Gasteiger partial charge in [-0.25, -0.2) is 0 Å². The average molecular weight is 396 g/mol. The van der Waals surface area contributed by atoms with E-state index in [1.807, 2.05) is 24.3 Å². The minimum Gasteiger partial charge on any atom is -0.493 e. The summed E-state index contributed by atoms with van der Waals surface area (Å²) in [4.78, 5) is 27.1. The van der Waals surface area contributed by atoms with Crippen LogP contribution in [0.15, 0.2) is 41.2 Å². The van der Waals surface area contributed by atoms with Crippen molar-refractivity contribution in [2.75, 3.05) is 27.9 Å². The molecule has 2 N–H and O–H groups in total. The van der Waals surface area contributed by atoms with E-state index in [1.54, 1.807) is 19.1 Å².